The molecule has 10 unspecified atom stereocenters. The molecule has 5 aliphatic carbocycles. The molecule has 6 fully saturated rings. The van der Waals surface area contributed by atoms with Crippen molar-refractivity contribution in [3.05, 3.63) is 22.5 Å². The van der Waals surface area contributed by atoms with E-state index >= 15 is 0 Å². The summed E-state index contributed by atoms with van der Waals surface area (Å²) in [5.41, 5.74) is 2.80. The topological polar surface area (TPSA) is 65.0 Å². The standard InChI is InChI=1S/C27H34O5/c1-12-15-6-7-16-26-11-31-23(27(16)18(15)17(12)21(27)29)19(28)20(26)25(2,3)10-14-9-13-5-4-8-30-24(13)32-22(14)26/h13,15-16,18-20,23-24,28H,4-11H2,1-3H3. The van der Waals surface area contributed by atoms with Gasteiger partial charge in [-0.2, -0.15) is 0 Å². The van der Waals surface area contributed by atoms with Gasteiger partial charge in [-0.15, -0.1) is 0 Å². The summed E-state index contributed by atoms with van der Waals surface area (Å²) in [6.45, 7) is 8.15. The lowest BCUT2D eigenvalue weighted by atomic mass is 9.26. The van der Waals surface area contributed by atoms with Crippen LogP contribution in [0.4, 0.5) is 0 Å². The number of allylic oxidation sites excluding steroid dienone is 3. The smallest absolute Gasteiger partial charge is 0.202 e. The predicted molar refractivity (Wildman–Crippen MR) is 115 cm³/mol. The fourth-order valence-electron chi connectivity index (χ4n) is 10.7. The van der Waals surface area contributed by atoms with Gasteiger partial charge in [0.25, 0.3) is 0 Å². The molecule has 9 aliphatic rings. The van der Waals surface area contributed by atoms with Gasteiger partial charge in [0.15, 0.2) is 5.78 Å². The molecule has 5 nitrogen and oxygen atoms in total. The Morgan fingerprint density at radius 3 is 2.81 bits per heavy atom. The lowest BCUT2D eigenvalue weighted by Crippen LogP contribution is -2.84. The predicted octanol–water partition coefficient (Wildman–Crippen LogP) is 3.76. The number of aliphatic hydroxyl groups excluding tert-OH is 1. The number of fused-ring (bicyclic) bond motifs is 2. The highest BCUT2D eigenvalue weighted by Crippen LogP contribution is 2.81. The third kappa shape index (κ3) is 1.72. The highest BCUT2D eigenvalue weighted by Gasteiger charge is 2.85. The Bertz CT molecular complexity index is 1020. The number of hydrogen-bond donors (Lipinski definition) is 1. The molecule has 9 rings (SSSR count). The van der Waals surface area contributed by atoms with Gasteiger partial charge in [-0.25, -0.2) is 0 Å². The van der Waals surface area contributed by atoms with E-state index in [4.69, 9.17) is 14.2 Å². The van der Waals surface area contributed by atoms with Crippen LogP contribution < -0.4 is 0 Å². The number of rotatable bonds is 0. The van der Waals surface area contributed by atoms with Crippen molar-refractivity contribution >= 4 is 5.78 Å². The number of carbonyl (C=O) groups is 1. The average Bonchev–Trinajstić information content (AvgIpc) is 2.76. The second kappa shape index (κ2) is 5.55. The van der Waals surface area contributed by atoms with Crippen molar-refractivity contribution in [3.63, 3.8) is 0 Å². The van der Waals surface area contributed by atoms with Crippen LogP contribution in [0.2, 0.25) is 0 Å². The van der Waals surface area contributed by atoms with Crippen LogP contribution in [0.25, 0.3) is 0 Å². The molecule has 10 atom stereocenters. The van der Waals surface area contributed by atoms with Gasteiger partial charge >= 0.3 is 0 Å². The summed E-state index contributed by atoms with van der Waals surface area (Å²) < 4.78 is 19.5. The van der Waals surface area contributed by atoms with Crippen molar-refractivity contribution < 1.29 is 24.1 Å². The number of Topliss-reactive ketones (excluding diaryl/α,β-unsaturated/α-hetero) is 1. The number of carbonyl (C=O) groups excluding carboxylic acids is 1. The molecule has 0 aromatic heterocycles. The van der Waals surface area contributed by atoms with Gasteiger partial charge in [0.1, 0.15) is 5.76 Å². The SMILES string of the molecule is CC1=C2C(=O)C34C5OCC6(C7=C(CC8CCCOC8O7)CC(C)(C)C6C5O)C3CCC1C24. The first-order valence-electron chi connectivity index (χ1n) is 12.9. The van der Waals surface area contributed by atoms with Crippen LogP contribution in [0.3, 0.4) is 0 Å². The molecule has 3 saturated heterocycles. The molecule has 0 radical (unpaired) electrons. The van der Waals surface area contributed by atoms with Crippen LogP contribution in [-0.2, 0) is 19.0 Å². The zero-order chi connectivity index (χ0) is 21.8. The lowest BCUT2D eigenvalue weighted by molar-refractivity contribution is -0.348. The molecule has 5 heteroatoms. The summed E-state index contributed by atoms with van der Waals surface area (Å²) in [6, 6.07) is 0. The number of ether oxygens (including phenoxy) is 3. The van der Waals surface area contributed by atoms with Crippen LogP contribution in [0.15, 0.2) is 22.5 Å². The van der Waals surface area contributed by atoms with Gasteiger partial charge < -0.3 is 19.3 Å². The third-order valence-electron chi connectivity index (χ3n) is 11.4. The molecule has 1 N–H and O–H groups in total. The fraction of sp³-hybridized carbons (Fsp3) is 0.815. The highest BCUT2D eigenvalue weighted by atomic mass is 16.7. The largest absolute Gasteiger partial charge is 0.468 e. The van der Waals surface area contributed by atoms with Crippen molar-refractivity contribution in [1.82, 2.24) is 0 Å². The number of ketones is 1. The van der Waals surface area contributed by atoms with Crippen LogP contribution in [-0.4, -0.2) is 42.6 Å². The maximum atomic E-state index is 13.8. The lowest BCUT2D eigenvalue weighted by Gasteiger charge is -2.79. The fourth-order valence-corrected chi connectivity index (χ4v) is 10.7. The van der Waals surface area contributed by atoms with Crippen molar-refractivity contribution in [2.75, 3.05) is 13.2 Å². The molecule has 0 amide bonds. The summed E-state index contributed by atoms with van der Waals surface area (Å²) in [5, 5.41) is 11.9. The van der Waals surface area contributed by atoms with Crippen molar-refractivity contribution in [3.8, 4) is 0 Å². The van der Waals surface area contributed by atoms with E-state index < -0.39 is 16.9 Å². The summed E-state index contributed by atoms with van der Waals surface area (Å²) >= 11 is 0. The van der Waals surface area contributed by atoms with Gasteiger partial charge in [0, 0.05) is 17.8 Å². The van der Waals surface area contributed by atoms with E-state index in [0.717, 1.165) is 56.5 Å². The normalized spacial score (nSPS) is 56.1. The van der Waals surface area contributed by atoms with E-state index in [1.165, 1.54) is 11.1 Å². The Labute approximate surface area is 189 Å². The molecule has 2 bridgehead atoms. The molecular weight excluding hydrogens is 404 g/mol. The summed E-state index contributed by atoms with van der Waals surface area (Å²) in [7, 11) is 0. The van der Waals surface area contributed by atoms with Gasteiger partial charge in [0.2, 0.25) is 6.29 Å². The molecule has 172 valence electrons. The zero-order valence-corrected chi connectivity index (χ0v) is 19.4. The minimum atomic E-state index is -0.622. The average molecular weight is 439 g/mol. The van der Waals surface area contributed by atoms with Gasteiger partial charge in [-0.1, -0.05) is 19.4 Å². The second-order valence-electron chi connectivity index (χ2n) is 12.9. The Kier molecular flexibility index (Phi) is 3.33. The summed E-state index contributed by atoms with van der Waals surface area (Å²) in [4.78, 5) is 13.8. The summed E-state index contributed by atoms with van der Waals surface area (Å²) in [6.07, 6.45) is 5.28. The molecule has 32 heavy (non-hydrogen) atoms. The van der Waals surface area contributed by atoms with Crippen LogP contribution in [0.1, 0.15) is 59.3 Å². The Hall–Kier alpha value is -1.17. The van der Waals surface area contributed by atoms with Crippen LogP contribution in [0.5, 0.6) is 0 Å². The Balaban J connectivity index is 1.35. The van der Waals surface area contributed by atoms with Gasteiger partial charge in [-0.05, 0) is 73.8 Å². The van der Waals surface area contributed by atoms with Gasteiger partial charge in [0.05, 0.1) is 36.3 Å². The van der Waals surface area contributed by atoms with E-state index in [0.29, 0.717) is 24.4 Å². The molecule has 0 aromatic rings. The van der Waals surface area contributed by atoms with E-state index in [1.54, 1.807) is 0 Å². The molecule has 3 saturated carbocycles. The highest BCUT2D eigenvalue weighted by molar-refractivity contribution is 6.12. The molecule has 0 aromatic carbocycles. The minimum Gasteiger partial charge on any atom is -0.468 e. The molecule has 4 heterocycles. The number of aliphatic hydroxyl groups is 1. The zero-order valence-electron chi connectivity index (χ0n) is 19.4. The summed E-state index contributed by atoms with van der Waals surface area (Å²) in [5.74, 6) is 2.84. The quantitative estimate of drug-likeness (QED) is 0.624. The van der Waals surface area contributed by atoms with E-state index in [-0.39, 0.29) is 35.4 Å². The van der Waals surface area contributed by atoms with Crippen molar-refractivity contribution in [2.24, 2.45) is 45.8 Å². The maximum Gasteiger partial charge on any atom is 0.202 e. The van der Waals surface area contributed by atoms with Crippen molar-refractivity contribution in [2.45, 2.75) is 77.8 Å². The van der Waals surface area contributed by atoms with Crippen LogP contribution >= 0.6 is 0 Å². The molecular formula is C27H34O5. The monoisotopic (exact) mass is 438 g/mol. The first kappa shape index (κ1) is 19.2. The molecule has 4 aliphatic heterocycles. The minimum absolute atomic E-state index is 0.0501. The van der Waals surface area contributed by atoms with Gasteiger partial charge in [-0.3, -0.25) is 4.79 Å². The maximum absolute atomic E-state index is 13.8. The number of hydrogen-bond acceptors (Lipinski definition) is 5. The van der Waals surface area contributed by atoms with Crippen LogP contribution in [0, 0.1) is 45.8 Å². The van der Waals surface area contributed by atoms with Crippen molar-refractivity contribution in [1.29, 1.82) is 0 Å². The Morgan fingerprint density at radius 2 is 1.97 bits per heavy atom. The van der Waals surface area contributed by atoms with E-state index in [1.807, 2.05) is 0 Å². The molecule has 2 spiro atoms. The Morgan fingerprint density at radius 1 is 1.12 bits per heavy atom. The third-order valence-corrected chi connectivity index (χ3v) is 11.4. The van der Waals surface area contributed by atoms with E-state index in [9.17, 15) is 9.90 Å². The first-order chi connectivity index (χ1) is 15.3. The van der Waals surface area contributed by atoms with E-state index in [2.05, 4.69) is 20.8 Å². The first-order valence-corrected chi connectivity index (χ1v) is 12.9. The second-order valence-corrected chi connectivity index (χ2v) is 12.9.